The first kappa shape index (κ1) is 21.6. The van der Waals surface area contributed by atoms with Crippen molar-refractivity contribution in [2.24, 2.45) is 0 Å². The fourth-order valence-electron chi connectivity index (χ4n) is 4.49. The Labute approximate surface area is 186 Å². The van der Waals surface area contributed by atoms with Crippen molar-refractivity contribution >= 4 is 17.6 Å². The van der Waals surface area contributed by atoms with Crippen molar-refractivity contribution < 1.29 is 28.8 Å². The molecule has 0 aromatic heterocycles. The molecule has 0 saturated heterocycles. The maximum absolute atomic E-state index is 11.8. The molecule has 31 heavy (non-hydrogen) atoms. The molecule has 1 unspecified atom stereocenters. The van der Waals surface area contributed by atoms with Gasteiger partial charge in [0.05, 0.1) is 20.8 Å². The highest BCUT2D eigenvalue weighted by molar-refractivity contribution is 6.31. The summed E-state index contributed by atoms with van der Waals surface area (Å²) in [6.45, 7) is 3.30. The smallest absolute Gasteiger partial charge is 0.344 e. The first-order valence-corrected chi connectivity index (χ1v) is 10.6. The van der Waals surface area contributed by atoms with E-state index in [1.807, 2.05) is 6.07 Å². The lowest BCUT2D eigenvalue weighted by atomic mass is 9.83. The monoisotopic (exact) mass is 447 g/mol. The molecule has 2 aromatic rings. The second-order valence-corrected chi connectivity index (χ2v) is 8.01. The Bertz CT molecular complexity index is 1010. The van der Waals surface area contributed by atoms with E-state index >= 15 is 0 Å². The van der Waals surface area contributed by atoms with E-state index in [0.29, 0.717) is 41.8 Å². The summed E-state index contributed by atoms with van der Waals surface area (Å²) in [5.74, 6) is 1.20. The number of carbonyl (C=O) groups is 1. The molecule has 0 saturated carbocycles. The third-order valence-corrected chi connectivity index (χ3v) is 6.27. The van der Waals surface area contributed by atoms with Crippen LogP contribution in [0.5, 0.6) is 23.0 Å². The fourth-order valence-corrected chi connectivity index (χ4v) is 4.78. The molecule has 4 rings (SSSR count). The van der Waals surface area contributed by atoms with E-state index in [1.165, 1.54) is 5.56 Å². The van der Waals surface area contributed by atoms with Crippen molar-refractivity contribution in [2.45, 2.75) is 32.4 Å². The number of methoxy groups -OCH3 is 2. The van der Waals surface area contributed by atoms with Gasteiger partial charge in [-0.3, -0.25) is 4.90 Å². The van der Waals surface area contributed by atoms with Crippen LogP contribution in [0, 0.1) is 0 Å². The van der Waals surface area contributed by atoms with Gasteiger partial charge in [0, 0.05) is 35.8 Å². The maximum Gasteiger partial charge on any atom is 0.344 e. The second kappa shape index (κ2) is 8.85. The number of phenols is 1. The molecule has 2 aliphatic rings. The van der Waals surface area contributed by atoms with E-state index in [4.69, 9.17) is 30.5 Å². The standard InChI is InChI=1S/C23H26ClNO6/c1-4-30-22(27)12-31-23-16-11-25-6-5-13-7-20(28-2)19(26)9-14(13)18(25)8-15(16)17(24)10-21(23)29-3/h7,9-10,18,26H,4-6,8,11-12H2,1-3H3. The van der Waals surface area contributed by atoms with Gasteiger partial charge in [-0.1, -0.05) is 11.6 Å². The van der Waals surface area contributed by atoms with Gasteiger partial charge >= 0.3 is 5.97 Å². The molecule has 2 aliphatic heterocycles. The van der Waals surface area contributed by atoms with Crippen molar-refractivity contribution in [1.82, 2.24) is 4.90 Å². The summed E-state index contributed by atoms with van der Waals surface area (Å²) < 4.78 is 21.6. The first-order valence-electron chi connectivity index (χ1n) is 10.3. The molecule has 0 bridgehead atoms. The Morgan fingerprint density at radius 3 is 2.68 bits per heavy atom. The number of carbonyl (C=O) groups excluding carboxylic acids is 1. The maximum atomic E-state index is 11.8. The summed E-state index contributed by atoms with van der Waals surface area (Å²) >= 11 is 6.63. The van der Waals surface area contributed by atoms with Gasteiger partial charge in [0.15, 0.2) is 29.6 Å². The molecule has 2 aromatic carbocycles. The SMILES string of the molecule is CCOC(=O)COc1c(OC)cc(Cl)c2c1CN1CCc3cc(OC)c(O)cc3C1C2. The molecule has 0 amide bonds. The second-order valence-electron chi connectivity index (χ2n) is 7.60. The topological polar surface area (TPSA) is 77.5 Å². The van der Waals surface area contributed by atoms with Gasteiger partial charge < -0.3 is 24.1 Å². The van der Waals surface area contributed by atoms with Crippen LogP contribution in [0.1, 0.15) is 35.2 Å². The predicted octanol–water partition coefficient (Wildman–Crippen LogP) is 3.66. The summed E-state index contributed by atoms with van der Waals surface area (Å²) in [7, 11) is 3.10. The number of esters is 1. The van der Waals surface area contributed by atoms with Crippen LogP contribution in [0.25, 0.3) is 0 Å². The van der Waals surface area contributed by atoms with Gasteiger partial charge in [0.25, 0.3) is 0 Å². The number of hydrogen-bond acceptors (Lipinski definition) is 7. The molecule has 1 N–H and O–H groups in total. The average molecular weight is 448 g/mol. The Hall–Kier alpha value is -2.64. The van der Waals surface area contributed by atoms with Gasteiger partial charge in [-0.25, -0.2) is 4.79 Å². The molecule has 2 heterocycles. The van der Waals surface area contributed by atoms with Crippen molar-refractivity contribution in [2.75, 3.05) is 34.0 Å². The van der Waals surface area contributed by atoms with Crippen LogP contribution in [0.2, 0.25) is 5.02 Å². The zero-order valence-corrected chi connectivity index (χ0v) is 18.6. The molecule has 1 atom stereocenters. The van der Waals surface area contributed by atoms with Gasteiger partial charge in [-0.15, -0.1) is 0 Å². The molecule has 166 valence electrons. The zero-order valence-electron chi connectivity index (χ0n) is 17.9. The van der Waals surface area contributed by atoms with Crippen molar-refractivity contribution in [3.8, 4) is 23.0 Å². The number of phenolic OH excluding ortho intramolecular Hbond substituents is 1. The largest absolute Gasteiger partial charge is 0.504 e. The van der Waals surface area contributed by atoms with Crippen LogP contribution in [-0.2, 0) is 28.9 Å². The Morgan fingerprint density at radius 2 is 1.97 bits per heavy atom. The summed E-state index contributed by atoms with van der Waals surface area (Å²) in [6.07, 6.45) is 1.50. The summed E-state index contributed by atoms with van der Waals surface area (Å²) in [5.41, 5.74) is 4.13. The van der Waals surface area contributed by atoms with Gasteiger partial charge in [-0.05, 0) is 48.6 Å². The minimum absolute atomic E-state index is 0.0804. The first-order chi connectivity index (χ1) is 15.0. The highest BCUT2D eigenvalue weighted by Crippen LogP contribution is 2.48. The van der Waals surface area contributed by atoms with E-state index in [1.54, 1.807) is 33.3 Å². The van der Waals surface area contributed by atoms with Gasteiger partial charge in [0.1, 0.15) is 0 Å². The highest BCUT2D eigenvalue weighted by atomic mass is 35.5. The van der Waals surface area contributed by atoms with Gasteiger partial charge in [0.2, 0.25) is 0 Å². The third kappa shape index (κ3) is 4.00. The lowest BCUT2D eigenvalue weighted by Crippen LogP contribution is -2.39. The minimum atomic E-state index is -0.432. The van der Waals surface area contributed by atoms with Crippen LogP contribution in [0.15, 0.2) is 18.2 Å². The normalized spacial score (nSPS) is 17.2. The average Bonchev–Trinajstić information content (AvgIpc) is 2.77. The lowest BCUT2D eigenvalue weighted by Gasteiger charge is -2.42. The van der Waals surface area contributed by atoms with Crippen molar-refractivity contribution in [3.05, 3.63) is 45.5 Å². The van der Waals surface area contributed by atoms with Crippen molar-refractivity contribution in [1.29, 1.82) is 0 Å². The Kier molecular flexibility index (Phi) is 6.16. The van der Waals surface area contributed by atoms with E-state index < -0.39 is 5.97 Å². The van der Waals surface area contributed by atoms with Crippen LogP contribution < -0.4 is 14.2 Å². The number of hydrogen-bond donors (Lipinski definition) is 1. The molecular weight excluding hydrogens is 422 g/mol. The number of aromatic hydroxyl groups is 1. The summed E-state index contributed by atoms with van der Waals surface area (Å²) in [6, 6.07) is 5.52. The molecular formula is C23H26ClNO6. The highest BCUT2D eigenvalue weighted by Gasteiger charge is 2.36. The third-order valence-electron chi connectivity index (χ3n) is 5.94. The quantitative estimate of drug-likeness (QED) is 0.677. The fraction of sp³-hybridized carbons (Fsp3) is 0.435. The Morgan fingerprint density at radius 1 is 1.19 bits per heavy atom. The predicted molar refractivity (Wildman–Crippen MR) is 115 cm³/mol. The molecule has 0 radical (unpaired) electrons. The van der Waals surface area contributed by atoms with Crippen LogP contribution in [0.3, 0.4) is 0 Å². The number of fused-ring (bicyclic) bond motifs is 4. The van der Waals surface area contributed by atoms with E-state index in [2.05, 4.69) is 4.90 Å². The molecule has 7 nitrogen and oxygen atoms in total. The van der Waals surface area contributed by atoms with E-state index in [9.17, 15) is 9.90 Å². The minimum Gasteiger partial charge on any atom is -0.504 e. The lowest BCUT2D eigenvalue weighted by molar-refractivity contribution is -0.145. The van der Waals surface area contributed by atoms with Gasteiger partial charge in [-0.2, -0.15) is 0 Å². The van der Waals surface area contributed by atoms with E-state index in [0.717, 1.165) is 29.7 Å². The molecule has 8 heteroatoms. The van der Waals surface area contributed by atoms with Crippen LogP contribution >= 0.6 is 11.6 Å². The number of rotatable bonds is 6. The van der Waals surface area contributed by atoms with Crippen LogP contribution in [0.4, 0.5) is 0 Å². The Balaban J connectivity index is 1.71. The number of ether oxygens (including phenoxy) is 4. The molecule has 0 fully saturated rings. The van der Waals surface area contributed by atoms with Crippen molar-refractivity contribution in [3.63, 3.8) is 0 Å². The summed E-state index contributed by atoms with van der Waals surface area (Å²) in [5, 5.41) is 10.9. The number of benzene rings is 2. The van der Waals surface area contributed by atoms with E-state index in [-0.39, 0.29) is 18.4 Å². The number of halogens is 1. The van der Waals surface area contributed by atoms with Crippen LogP contribution in [-0.4, -0.2) is 50.0 Å². The zero-order chi connectivity index (χ0) is 22.1. The summed E-state index contributed by atoms with van der Waals surface area (Å²) in [4.78, 5) is 14.2. The molecule has 0 aliphatic carbocycles. The number of nitrogens with zero attached hydrogens (tertiary/aromatic N) is 1. The molecule has 0 spiro atoms.